The Kier molecular flexibility index (Phi) is 5.36. The maximum absolute atomic E-state index is 13.8. The van der Waals surface area contributed by atoms with Gasteiger partial charge in [-0.25, -0.2) is 13.5 Å². The van der Waals surface area contributed by atoms with Gasteiger partial charge in [0.2, 0.25) is 0 Å². The van der Waals surface area contributed by atoms with Gasteiger partial charge in [-0.2, -0.15) is 23.1 Å². The molecule has 0 radical (unpaired) electrons. The van der Waals surface area contributed by atoms with Crippen LogP contribution in [-0.4, -0.2) is 56.3 Å². The van der Waals surface area contributed by atoms with E-state index in [4.69, 9.17) is 16.3 Å². The fourth-order valence-electron chi connectivity index (χ4n) is 3.13. The van der Waals surface area contributed by atoms with E-state index in [0.29, 0.717) is 10.6 Å². The normalized spacial score (nSPS) is 17.3. The first-order chi connectivity index (χ1) is 14.5. The van der Waals surface area contributed by atoms with Gasteiger partial charge in [0.05, 0.1) is 13.1 Å². The van der Waals surface area contributed by atoms with Crippen molar-refractivity contribution in [1.29, 1.82) is 0 Å². The standard InChI is InChI=1S/C18H16ClF5N6O/c1-10(18(22,23)24)31-16-25-14(29-7-6-17(20,21)9-29)13-15(26-16)30(28-27-13)8-11-4-2-3-5-12(11)19/h2-5,10H,6-9H2,1H3. The summed E-state index contributed by atoms with van der Waals surface area (Å²) < 4.78 is 72.6. The van der Waals surface area contributed by atoms with Gasteiger partial charge in [-0.1, -0.05) is 35.0 Å². The molecule has 1 fully saturated rings. The lowest BCUT2D eigenvalue weighted by Crippen LogP contribution is -2.32. The van der Waals surface area contributed by atoms with Crippen LogP contribution in [0, 0.1) is 0 Å². The highest BCUT2D eigenvalue weighted by Gasteiger charge is 2.41. The molecule has 1 atom stereocenters. The highest BCUT2D eigenvalue weighted by Crippen LogP contribution is 2.34. The summed E-state index contributed by atoms with van der Waals surface area (Å²) >= 11 is 6.17. The number of ether oxygens (including phenoxy) is 1. The van der Waals surface area contributed by atoms with Crippen LogP contribution in [0.25, 0.3) is 11.2 Å². The first-order valence-electron chi connectivity index (χ1n) is 9.24. The van der Waals surface area contributed by atoms with Gasteiger partial charge in [0.15, 0.2) is 23.1 Å². The number of nitrogens with zero attached hydrogens (tertiary/aromatic N) is 6. The molecule has 7 nitrogen and oxygen atoms in total. The molecule has 3 aromatic rings. The largest absolute Gasteiger partial charge is 0.451 e. The van der Waals surface area contributed by atoms with E-state index in [9.17, 15) is 22.0 Å². The minimum absolute atomic E-state index is 0.0458. The molecule has 0 amide bonds. The Hall–Kier alpha value is -2.76. The van der Waals surface area contributed by atoms with Crippen LogP contribution in [-0.2, 0) is 6.54 Å². The van der Waals surface area contributed by atoms with Gasteiger partial charge in [-0.05, 0) is 18.6 Å². The van der Waals surface area contributed by atoms with Gasteiger partial charge < -0.3 is 9.64 Å². The van der Waals surface area contributed by atoms with Crippen LogP contribution in [0.3, 0.4) is 0 Å². The molecule has 4 rings (SSSR count). The van der Waals surface area contributed by atoms with E-state index < -0.39 is 37.2 Å². The van der Waals surface area contributed by atoms with E-state index in [0.717, 1.165) is 6.92 Å². The van der Waals surface area contributed by atoms with Crippen LogP contribution < -0.4 is 9.64 Å². The monoisotopic (exact) mass is 462 g/mol. The fraction of sp³-hybridized carbons (Fsp3) is 0.444. The number of alkyl halides is 5. The van der Waals surface area contributed by atoms with E-state index in [-0.39, 0.29) is 30.1 Å². The summed E-state index contributed by atoms with van der Waals surface area (Å²) in [5.74, 6) is -3.01. The second-order valence-corrected chi connectivity index (χ2v) is 7.58. The lowest BCUT2D eigenvalue weighted by atomic mass is 10.2. The molecule has 1 aliphatic heterocycles. The molecule has 31 heavy (non-hydrogen) atoms. The van der Waals surface area contributed by atoms with Gasteiger partial charge >= 0.3 is 12.2 Å². The number of hydrogen-bond acceptors (Lipinski definition) is 6. The third kappa shape index (κ3) is 4.48. The highest BCUT2D eigenvalue weighted by molar-refractivity contribution is 6.31. The van der Waals surface area contributed by atoms with E-state index in [1.807, 2.05) is 0 Å². The van der Waals surface area contributed by atoms with Crippen molar-refractivity contribution in [2.75, 3.05) is 18.0 Å². The summed E-state index contributed by atoms with van der Waals surface area (Å²) in [5, 5.41) is 8.42. The summed E-state index contributed by atoms with van der Waals surface area (Å²) in [6.07, 6.45) is -7.28. The van der Waals surface area contributed by atoms with E-state index in [2.05, 4.69) is 20.3 Å². The number of halogens is 6. The number of benzene rings is 1. The Morgan fingerprint density at radius 2 is 1.97 bits per heavy atom. The zero-order valence-corrected chi connectivity index (χ0v) is 16.8. The maximum Gasteiger partial charge on any atom is 0.425 e. The zero-order chi connectivity index (χ0) is 22.4. The van der Waals surface area contributed by atoms with Crippen LogP contribution in [0.5, 0.6) is 6.01 Å². The first-order valence-corrected chi connectivity index (χ1v) is 9.62. The predicted molar refractivity (Wildman–Crippen MR) is 102 cm³/mol. The lowest BCUT2D eigenvalue weighted by molar-refractivity contribution is -0.190. The lowest BCUT2D eigenvalue weighted by Gasteiger charge is -2.20. The molecule has 166 valence electrons. The number of hydrogen-bond donors (Lipinski definition) is 0. The Labute approximate surface area is 177 Å². The summed E-state index contributed by atoms with van der Waals surface area (Å²) in [4.78, 5) is 9.23. The van der Waals surface area contributed by atoms with Crippen molar-refractivity contribution in [3.8, 4) is 6.01 Å². The van der Waals surface area contributed by atoms with Gasteiger partial charge in [-0.3, -0.25) is 0 Å². The third-order valence-electron chi connectivity index (χ3n) is 4.81. The van der Waals surface area contributed by atoms with Gasteiger partial charge in [0.1, 0.15) is 0 Å². The Morgan fingerprint density at radius 1 is 1.23 bits per heavy atom. The van der Waals surface area contributed by atoms with Crippen LogP contribution in [0.2, 0.25) is 5.02 Å². The summed E-state index contributed by atoms with van der Waals surface area (Å²) in [6.45, 7) is 0.211. The predicted octanol–water partition coefficient (Wildman–Crippen LogP) is 4.10. The minimum Gasteiger partial charge on any atom is -0.451 e. The van der Waals surface area contributed by atoms with E-state index in [1.165, 1.54) is 9.58 Å². The van der Waals surface area contributed by atoms with Gasteiger partial charge in [-0.15, -0.1) is 5.10 Å². The smallest absolute Gasteiger partial charge is 0.425 e. The second kappa shape index (κ2) is 7.74. The number of aromatic nitrogens is 5. The molecule has 3 heterocycles. The van der Waals surface area contributed by atoms with E-state index >= 15 is 0 Å². The molecule has 1 aliphatic rings. The zero-order valence-electron chi connectivity index (χ0n) is 16.1. The van der Waals surface area contributed by atoms with Gasteiger partial charge in [0, 0.05) is 18.0 Å². The Morgan fingerprint density at radius 3 is 2.61 bits per heavy atom. The minimum atomic E-state index is -4.66. The molecule has 0 saturated carbocycles. The molecular weight excluding hydrogens is 447 g/mol. The summed E-state index contributed by atoms with van der Waals surface area (Å²) in [7, 11) is 0. The van der Waals surface area contributed by atoms with Gasteiger partial charge in [0.25, 0.3) is 5.92 Å². The molecule has 1 unspecified atom stereocenters. The quantitative estimate of drug-likeness (QED) is 0.532. The maximum atomic E-state index is 13.8. The highest BCUT2D eigenvalue weighted by atomic mass is 35.5. The first kappa shape index (κ1) is 21.5. The van der Waals surface area contributed by atoms with Crippen molar-refractivity contribution < 1.29 is 26.7 Å². The van der Waals surface area contributed by atoms with Crippen molar-refractivity contribution in [2.24, 2.45) is 0 Å². The van der Waals surface area contributed by atoms with Crippen LogP contribution in [0.4, 0.5) is 27.8 Å². The number of anilines is 1. The Balaban J connectivity index is 1.78. The number of fused-ring (bicyclic) bond motifs is 1. The molecular formula is C18H16ClF5N6O. The molecule has 13 heteroatoms. The van der Waals surface area contributed by atoms with Crippen LogP contribution in [0.15, 0.2) is 24.3 Å². The van der Waals surface area contributed by atoms with Crippen molar-refractivity contribution in [3.63, 3.8) is 0 Å². The molecule has 0 aliphatic carbocycles. The van der Waals surface area contributed by atoms with E-state index in [1.54, 1.807) is 24.3 Å². The Bertz CT molecular complexity index is 1100. The van der Waals surface area contributed by atoms with Crippen molar-refractivity contribution in [2.45, 2.75) is 38.1 Å². The van der Waals surface area contributed by atoms with Crippen LogP contribution in [0.1, 0.15) is 18.9 Å². The molecule has 1 saturated heterocycles. The van der Waals surface area contributed by atoms with Crippen molar-refractivity contribution >= 4 is 28.6 Å². The van der Waals surface area contributed by atoms with Crippen molar-refractivity contribution in [1.82, 2.24) is 25.0 Å². The topological polar surface area (TPSA) is 69.0 Å². The molecule has 0 spiro atoms. The number of rotatable bonds is 5. The van der Waals surface area contributed by atoms with Crippen LogP contribution >= 0.6 is 11.6 Å². The fourth-order valence-corrected chi connectivity index (χ4v) is 3.33. The average Bonchev–Trinajstić information content (AvgIpc) is 3.25. The third-order valence-corrected chi connectivity index (χ3v) is 5.18. The van der Waals surface area contributed by atoms with Crippen molar-refractivity contribution in [3.05, 3.63) is 34.9 Å². The SMILES string of the molecule is CC(Oc1nc(N2CCC(F)(F)C2)c2nnn(Cc3ccccc3Cl)c2n1)C(F)(F)F. The second-order valence-electron chi connectivity index (χ2n) is 7.17. The average molecular weight is 463 g/mol. The molecule has 0 N–H and O–H groups in total. The molecule has 2 aromatic heterocycles. The molecule has 1 aromatic carbocycles. The molecule has 0 bridgehead atoms. The summed E-state index contributed by atoms with van der Waals surface area (Å²) in [6, 6.07) is 6.30. The summed E-state index contributed by atoms with van der Waals surface area (Å²) in [5.41, 5.74) is 0.788.